The van der Waals surface area contributed by atoms with E-state index < -0.39 is 10.0 Å². The lowest BCUT2D eigenvalue weighted by atomic mass is 10.2. The number of nitrogens with zero attached hydrogens (tertiary/aromatic N) is 3. The van der Waals surface area contributed by atoms with Crippen LogP contribution in [-0.2, 0) is 16.6 Å². The quantitative estimate of drug-likeness (QED) is 0.807. The van der Waals surface area contributed by atoms with E-state index in [-0.39, 0.29) is 11.1 Å². The third kappa shape index (κ3) is 2.43. The molecule has 2 rings (SSSR count). The highest BCUT2D eigenvalue weighted by molar-refractivity contribution is 7.89. The molecule has 1 aromatic heterocycles. The molecule has 7 heteroatoms. The van der Waals surface area contributed by atoms with Crippen molar-refractivity contribution in [3.8, 4) is 0 Å². The molecule has 1 aromatic rings. The summed E-state index contributed by atoms with van der Waals surface area (Å²) >= 11 is 0. The fourth-order valence-corrected chi connectivity index (χ4v) is 3.62. The van der Waals surface area contributed by atoms with Gasteiger partial charge in [0.1, 0.15) is 0 Å². The Morgan fingerprint density at radius 2 is 2.22 bits per heavy atom. The summed E-state index contributed by atoms with van der Waals surface area (Å²) in [5.74, 6) is 0. The first-order chi connectivity index (χ1) is 8.59. The van der Waals surface area contributed by atoms with Gasteiger partial charge in [-0.2, -0.15) is 4.31 Å². The van der Waals surface area contributed by atoms with Gasteiger partial charge in [0.25, 0.3) is 10.0 Å². The zero-order valence-corrected chi connectivity index (χ0v) is 11.7. The molecule has 1 fully saturated rings. The molecule has 102 valence electrons. The Labute approximate surface area is 108 Å². The van der Waals surface area contributed by atoms with Crippen LogP contribution in [0.4, 0.5) is 0 Å². The first-order valence-electron chi connectivity index (χ1n) is 6.34. The molecular weight excluding hydrogens is 252 g/mol. The highest BCUT2D eigenvalue weighted by atomic mass is 32.2. The van der Waals surface area contributed by atoms with E-state index >= 15 is 0 Å². The maximum atomic E-state index is 12.5. The van der Waals surface area contributed by atoms with Crippen molar-refractivity contribution in [2.45, 2.75) is 37.9 Å². The fraction of sp³-hybridized carbons (Fsp3) is 0.727. The standard InChI is InChI=1S/C11H20N4O2S/c1-3-5-15(10-6-12-7-10)18(16,17)11-8-14(4-2)9-13-11/h8-10,12H,3-7H2,1-2H3. The van der Waals surface area contributed by atoms with Crippen LogP contribution in [0.25, 0.3) is 0 Å². The van der Waals surface area contributed by atoms with Crippen molar-refractivity contribution in [2.75, 3.05) is 19.6 Å². The number of aromatic nitrogens is 2. The molecule has 0 spiro atoms. The van der Waals surface area contributed by atoms with E-state index in [0.717, 1.165) is 26.1 Å². The van der Waals surface area contributed by atoms with Crippen LogP contribution in [0.3, 0.4) is 0 Å². The smallest absolute Gasteiger partial charge is 0.262 e. The zero-order chi connectivity index (χ0) is 13.2. The second-order valence-corrected chi connectivity index (χ2v) is 6.31. The van der Waals surface area contributed by atoms with E-state index in [4.69, 9.17) is 0 Å². The van der Waals surface area contributed by atoms with Crippen LogP contribution in [0, 0.1) is 0 Å². The first-order valence-corrected chi connectivity index (χ1v) is 7.78. The van der Waals surface area contributed by atoms with E-state index in [0.29, 0.717) is 6.54 Å². The van der Waals surface area contributed by atoms with Gasteiger partial charge in [0.2, 0.25) is 0 Å². The maximum absolute atomic E-state index is 12.5. The van der Waals surface area contributed by atoms with Gasteiger partial charge < -0.3 is 9.88 Å². The van der Waals surface area contributed by atoms with Crippen molar-refractivity contribution in [3.63, 3.8) is 0 Å². The Hall–Kier alpha value is -0.920. The third-order valence-corrected chi connectivity index (χ3v) is 5.00. The fourth-order valence-electron chi connectivity index (χ4n) is 1.96. The number of sulfonamides is 1. The summed E-state index contributed by atoms with van der Waals surface area (Å²) in [4.78, 5) is 4.02. The molecule has 1 N–H and O–H groups in total. The minimum Gasteiger partial charge on any atom is -0.336 e. The molecule has 1 aliphatic heterocycles. The topological polar surface area (TPSA) is 67.2 Å². The van der Waals surface area contributed by atoms with Crippen LogP contribution in [0.5, 0.6) is 0 Å². The van der Waals surface area contributed by atoms with Crippen LogP contribution >= 0.6 is 0 Å². The first kappa shape index (κ1) is 13.5. The second-order valence-electron chi connectivity index (χ2n) is 4.47. The van der Waals surface area contributed by atoms with Crippen LogP contribution in [0.2, 0.25) is 0 Å². The number of imidazole rings is 1. The summed E-state index contributed by atoms with van der Waals surface area (Å²) in [6.45, 7) is 6.67. The molecule has 0 saturated carbocycles. The predicted molar refractivity (Wildman–Crippen MR) is 68.7 cm³/mol. The lowest BCUT2D eigenvalue weighted by molar-refractivity contribution is 0.241. The zero-order valence-electron chi connectivity index (χ0n) is 10.8. The predicted octanol–water partition coefficient (Wildman–Crippen LogP) is 0.275. The SMILES string of the molecule is CCCN(C1CNC1)S(=O)(=O)c1cn(CC)cn1. The normalized spacial score (nSPS) is 17.1. The Kier molecular flexibility index (Phi) is 4.04. The van der Waals surface area contributed by atoms with Gasteiger partial charge in [0.15, 0.2) is 5.03 Å². The molecule has 2 heterocycles. The van der Waals surface area contributed by atoms with Gasteiger partial charge in [-0.05, 0) is 13.3 Å². The van der Waals surface area contributed by atoms with Crippen molar-refractivity contribution < 1.29 is 8.42 Å². The molecule has 1 aliphatic rings. The molecule has 1 saturated heterocycles. The largest absolute Gasteiger partial charge is 0.336 e. The number of hydrogen-bond donors (Lipinski definition) is 1. The number of rotatable bonds is 6. The molecule has 0 atom stereocenters. The van der Waals surface area contributed by atoms with Crippen molar-refractivity contribution in [2.24, 2.45) is 0 Å². The van der Waals surface area contributed by atoms with Gasteiger partial charge >= 0.3 is 0 Å². The molecule has 0 bridgehead atoms. The van der Waals surface area contributed by atoms with Gasteiger partial charge in [0.05, 0.1) is 12.4 Å². The van der Waals surface area contributed by atoms with E-state index in [1.165, 1.54) is 0 Å². The number of aryl methyl sites for hydroxylation is 1. The molecule has 0 unspecified atom stereocenters. The van der Waals surface area contributed by atoms with Gasteiger partial charge in [-0.3, -0.25) is 0 Å². The summed E-state index contributed by atoms with van der Waals surface area (Å²) in [5, 5.41) is 3.27. The molecule has 0 aliphatic carbocycles. The summed E-state index contributed by atoms with van der Waals surface area (Å²) in [6, 6.07) is 0.0710. The molecular formula is C11H20N4O2S. The number of nitrogens with one attached hydrogen (secondary N) is 1. The molecule has 0 radical (unpaired) electrons. The maximum Gasteiger partial charge on any atom is 0.262 e. The van der Waals surface area contributed by atoms with Crippen molar-refractivity contribution >= 4 is 10.0 Å². The minimum absolute atomic E-state index is 0.0710. The van der Waals surface area contributed by atoms with Gasteiger partial charge in [-0.15, -0.1) is 0 Å². The highest BCUT2D eigenvalue weighted by Gasteiger charge is 2.35. The number of hydrogen-bond acceptors (Lipinski definition) is 4. The van der Waals surface area contributed by atoms with E-state index in [9.17, 15) is 8.42 Å². The monoisotopic (exact) mass is 272 g/mol. The molecule has 6 nitrogen and oxygen atoms in total. The highest BCUT2D eigenvalue weighted by Crippen LogP contribution is 2.19. The van der Waals surface area contributed by atoms with Gasteiger partial charge in [-0.1, -0.05) is 6.92 Å². The van der Waals surface area contributed by atoms with Crippen LogP contribution < -0.4 is 5.32 Å². The van der Waals surface area contributed by atoms with Crippen molar-refractivity contribution in [1.29, 1.82) is 0 Å². The minimum atomic E-state index is -3.45. The Bertz CT molecular complexity index is 493. The lowest BCUT2D eigenvalue weighted by Gasteiger charge is -2.36. The van der Waals surface area contributed by atoms with E-state index in [1.54, 1.807) is 21.4 Å². The van der Waals surface area contributed by atoms with Gasteiger partial charge in [-0.25, -0.2) is 13.4 Å². The summed E-state index contributed by atoms with van der Waals surface area (Å²) in [6.07, 6.45) is 3.98. The molecule has 0 amide bonds. The van der Waals surface area contributed by atoms with Crippen molar-refractivity contribution in [1.82, 2.24) is 19.2 Å². The van der Waals surface area contributed by atoms with Gasteiger partial charge in [0, 0.05) is 32.4 Å². The van der Waals surface area contributed by atoms with Crippen LogP contribution in [0.1, 0.15) is 20.3 Å². The summed E-state index contributed by atoms with van der Waals surface area (Å²) in [5.41, 5.74) is 0. The van der Waals surface area contributed by atoms with E-state index in [2.05, 4.69) is 10.3 Å². The molecule has 18 heavy (non-hydrogen) atoms. The lowest BCUT2D eigenvalue weighted by Crippen LogP contribution is -2.58. The molecule has 0 aromatic carbocycles. The average Bonchev–Trinajstić information content (AvgIpc) is 2.75. The second kappa shape index (κ2) is 5.38. The van der Waals surface area contributed by atoms with Crippen molar-refractivity contribution in [3.05, 3.63) is 12.5 Å². The van der Waals surface area contributed by atoms with Crippen LogP contribution in [-0.4, -0.2) is 48.0 Å². The summed E-state index contributed by atoms with van der Waals surface area (Å²) in [7, 11) is -3.45. The Morgan fingerprint density at radius 1 is 1.50 bits per heavy atom. The third-order valence-electron chi connectivity index (χ3n) is 3.16. The average molecular weight is 272 g/mol. The summed E-state index contributed by atoms with van der Waals surface area (Å²) < 4.78 is 28.4. The Morgan fingerprint density at radius 3 is 2.67 bits per heavy atom. The van der Waals surface area contributed by atoms with E-state index in [1.807, 2.05) is 13.8 Å². The Balaban J connectivity index is 2.26. The van der Waals surface area contributed by atoms with Crippen LogP contribution in [0.15, 0.2) is 17.6 Å².